The van der Waals surface area contributed by atoms with Crippen LogP contribution in [0.2, 0.25) is 0 Å². The number of ether oxygens (including phenoxy) is 1. The highest BCUT2D eigenvalue weighted by Gasteiger charge is 2.22. The highest BCUT2D eigenvalue weighted by atomic mass is 16.5. The standard InChI is InChI=1S/C10H21N3O/c1-10(2,9(11)12)3-4-13-5-7-14-8-6-13/h3-8H2,1-2H3,(H3,11,12). The summed E-state index contributed by atoms with van der Waals surface area (Å²) in [5.41, 5.74) is 5.36. The number of nitrogens with two attached hydrogens (primary N) is 1. The van der Waals surface area contributed by atoms with Crippen molar-refractivity contribution in [3.63, 3.8) is 0 Å². The number of amidine groups is 1. The van der Waals surface area contributed by atoms with Crippen molar-refractivity contribution in [3.05, 3.63) is 0 Å². The van der Waals surface area contributed by atoms with Gasteiger partial charge in [-0.05, 0) is 13.0 Å². The lowest BCUT2D eigenvalue weighted by Crippen LogP contribution is -2.40. The third-order valence-electron chi connectivity index (χ3n) is 2.89. The van der Waals surface area contributed by atoms with Crippen LogP contribution in [0.5, 0.6) is 0 Å². The molecule has 4 heteroatoms. The minimum absolute atomic E-state index is 0.168. The van der Waals surface area contributed by atoms with Gasteiger partial charge in [-0.25, -0.2) is 0 Å². The van der Waals surface area contributed by atoms with Crippen molar-refractivity contribution in [3.8, 4) is 0 Å². The van der Waals surface area contributed by atoms with Gasteiger partial charge in [0.15, 0.2) is 0 Å². The number of hydrogen-bond donors (Lipinski definition) is 2. The van der Waals surface area contributed by atoms with E-state index in [-0.39, 0.29) is 11.3 Å². The molecule has 0 aromatic heterocycles. The second kappa shape index (κ2) is 4.75. The molecule has 0 saturated carbocycles. The highest BCUT2D eigenvalue weighted by Crippen LogP contribution is 2.20. The molecular weight excluding hydrogens is 178 g/mol. The Hall–Kier alpha value is -0.610. The number of rotatable bonds is 4. The average molecular weight is 199 g/mol. The Morgan fingerprint density at radius 3 is 2.50 bits per heavy atom. The van der Waals surface area contributed by atoms with Crippen molar-refractivity contribution in [1.82, 2.24) is 4.90 Å². The van der Waals surface area contributed by atoms with Crippen LogP contribution >= 0.6 is 0 Å². The van der Waals surface area contributed by atoms with E-state index in [0.29, 0.717) is 0 Å². The normalized spacial score (nSPS) is 19.6. The maximum absolute atomic E-state index is 7.45. The predicted molar refractivity (Wildman–Crippen MR) is 57.6 cm³/mol. The SMILES string of the molecule is CC(C)(CCN1CCOCC1)C(=N)N. The molecule has 1 fully saturated rings. The molecule has 1 aliphatic rings. The molecule has 0 radical (unpaired) electrons. The highest BCUT2D eigenvalue weighted by molar-refractivity contribution is 5.82. The van der Waals surface area contributed by atoms with Gasteiger partial charge in [0.1, 0.15) is 0 Å². The molecule has 1 rings (SSSR count). The monoisotopic (exact) mass is 199 g/mol. The summed E-state index contributed by atoms with van der Waals surface area (Å²) in [6.07, 6.45) is 0.947. The van der Waals surface area contributed by atoms with E-state index in [1.54, 1.807) is 0 Å². The topological polar surface area (TPSA) is 62.3 Å². The second-order valence-electron chi connectivity index (χ2n) is 4.50. The molecule has 0 spiro atoms. The summed E-state index contributed by atoms with van der Waals surface area (Å²) in [4.78, 5) is 2.37. The van der Waals surface area contributed by atoms with Crippen LogP contribution in [-0.2, 0) is 4.74 Å². The quantitative estimate of drug-likeness (QED) is 0.517. The van der Waals surface area contributed by atoms with E-state index in [9.17, 15) is 0 Å². The largest absolute Gasteiger partial charge is 0.387 e. The van der Waals surface area contributed by atoms with Gasteiger partial charge in [0.2, 0.25) is 0 Å². The van der Waals surface area contributed by atoms with Crippen LogP contribution in [-0.4, -0.2) is 43.6 Å². The fourth-order valence-corrected chi connectivity index (χ4v) is 1.40. The van der Waals surface area contributed by atoms with E-state index < -0.39 is 0 Å². The molecule has 1 heterocycles. The molecule has 82 valence electrons. The summed E-state index contributed by atoms with van der Waals surface area (Å²) in [5.74, 6) is 0.283. The molecule has 0 aromatic carbocycles. The molecule has 0 amide bonds. The van der Waals surface area contributed by atoms with Crippen molar-refractivity contribution < 1.29 is 4.74 Å². The zero-order chi connectivity index (χ0) is 10.6. The molecule has 1 aliphatic heterocycles. The van der Waals surface area contributed by atoms with E-state index in [1.807, 2.05) is 13.8 Å². The lowest BCUT2D eigenvalue weighted by Gasteiger charge is -2.30. The lowest BCUT2D eigenvalue weighted by molar-refractivity contribution is 0.0347. The van der Waals surface area contributed by atoms with Crippen molar-refractivity contribution >= 4 is 5.84 Å². The maximum Gasteiger partial charge on any atom is 0.0963 e. The summed E-state index contributed by atoms with van der Waals surface area (Å²) < 4.78 is 5.27. The second-order valence-corrected chi connectivity index (χ2v) is 4.50. The van der Waals surface area contributed by atoms with Crippen LogP contribution in [0.1, 0.15) is 20.3 Å². The molecule has 0 aromatic rings. The van der Waals surface area contributed by atoms with Gasteiger partial charge >= 0.3 is 0 Å². The van der Waals surface area contributed by atoms with Crippen molar-refractivity contribution in [1.29, 1.82) is 5.41 Å². The van der Waals surface area contributed by atoms with E-state index in [0.717, 1.165) is 39.3 Å². The van der Waals surface area contributed by atoms with E-state index >= 15 is 0 Å². The van der Waals surface area contributed by atoms with Gasteiger partial charge in [-0.2, -0.15) is 0 Å². The van der Waals surface area contributed by atoms with Crippen molar-refractivity contribution in [2.75, 3.05) is 32.8 Å². The average Bonchev–Trinajstić information content (AvgIpc) is 2.16. The summed E-state index contributed by atoms with van der Waals surface area (Å²) >= 11 is 0. The molecule has 3 N–H and O–H groups in total. The van der Waals surface area contributed by atoms with E-state index in [1.165, 1.54) is 0 Å². The van der Waals surface area contributed by atoms with Gasteiger partial charge in [0, 0.05) is 18.5 Å². The molecule has 0 atom stereocenters. The first kappa shape index (κ1) is 11.5. The molecule has 0 unspecified atom stereocenters. The number of hydrogen-bond acceptors (Lipinski definition) is 3. The van der Waals surface area contributed by atoms with Gasteiger partial charge in [0.25, 0.3) is 0 Å². The fraction of sp³-hybridized carbons (Fsp3) is 0.900. The zero-order valence-corrected chi connectivity index (χ0v) is 9.18. The lowest BCUT2D eigenvalue weighted by atomic mass is 9.88. The zero-order valence-electron chi connectivity index (χ0n) is 9.18. The van der Waals surface area contributed by atoms with E-state index in [4.69, 9.17) is 15.9 Å². The van der Waals surface area contributed by atoms with Crippen LogP contribution in [0, 0.1) is 10.8 Å². The van der Waals surface area contributed by atoms with Crippen LogP contribution in [0.3, 0.4) is 0 Å². The molecule has 0 aliphatic carbocycles. The Bertz CT molecular complexity index is 198. The first-order chi connectivity index (χ1) is 6.52. The smallest absolute Gasteiger partial charge is 0.0963 e. The van der Waals surface area contributed by atoms with E-state index in [2.05, 4.69) is 4.90 Å². The Morgan fingerprint density at radius 1 is 1.43 bits per heavy atom. The van der Waals surface area contributed by atoms with Crippen LogP contribution < -0.4 is 5.73 Å². The summed E-state index contributed by atoms with van der Waals surface area (Å²) in [5, 5.41) is 7.45. The Kier molecular flexibility index (Phi) is 3.89. The molecular formula is C10H21N3O. The van der Waals surface area contributed by atoms with Crippen LogP contribution in [0.25, 0.3) is 0 Å². The molecule has 14 heavy (non-hydrogen) atoms. The predicted octanol–water partition coefficient (Wildman–Crippen LogP) is 0.671. The maximum atomic E-state index is 7.45. The first-order valence-corrected chi connectivity index (χ1v) is 5.17. The first-order valence-electron chi connectivity index (χ1n) is 5.17. The third kappa shape index (κ3) is 3.27. The minimum atomic E-state index is -0.168. The summed E-state index contributed by atoms with van der Waals surface area (Å²) in [7, 11) is 0. The number of nitrogens with zero attached hydrogens (tertiary/aromatic N) is 1. The summed E-state index contributed by atoms with van der Waals surface area (Å²) in [6, 6.07) is 0. The number of nitrogens with one attached hydrogen (secondary N) is 1. The molecule has 0 bridgehead atoms. The fourth-order valence-electron chi connectivity index (χ4n) is 1.40. The van der Waals surface area contributed by atoms with Crippen molar-refractivity contribution in [2.24, 2.45) is 11.1 Å². The Labute approximate surface area is 85.9 Å². The van der Waals surface area contributed by atoms with Crippen LogP contribution in [0.15, 0.2) is 0 Å². The van der Waals surface area contributed by atoms with Gasteiger partial charge in [0.05, 0.1) is 19.0 Å². The Balaban J connectivity index is 2.28. The Morgan fingerprint density at radius 2 is 2.00 bits per heavy atom. The van der Waals surface area contributed by atoms with Gasteiger partial charge in [-0.1, -0.05) is 13.8 Å². The number of morpholine rings is 1. The van der Waals surface area contributed by atoms with Gasteiger partial charge in [-0.3, -0.25) is 10.3 Å². The molecule has 4 nitrogen and oxygen atoms in total. The summed E-state index contributed by atoms with van der Waals surface area (Å²) in [6.45, 7) is 8.74. The minimum Gasteiger partial charge on any atom is -0.387 e. The van der Waals surface area contributed by atoms with Gasteiger partial charge in [-0.15, -0.1) is 0 Å². The van der Waals surface area contributed by atoms with Crippen LogP contribution in [0.4, 0.5) is 0 Å². The van der Waals surface area contributed by atoms with Gasteiger partial charge < -0.3 is 10.5 Å². The van der Waals surface area contributed by atoms with Crippen molar-refractivity contribution in [2.45, 2.75) is 20.3 Å². The molecule has 1 saturated heterocycles. The third-order valence-corrected chi connectivity index (χ3v) is 2.89.